The Bertz CT molecular complexity index is 1110. The molecular weight excluding hydrogens is 452 g/mol. The van der Waals surface area contributed by atoms with Gasteiger partial charge in [0, 0.05) is 17.2 Å². The molecule has 4 bridgehead atoms. The lowest BCUT2D eigenvalue weighted by molar-refractivity contribution is -0.517. The van der Waals surface area contributed by atoms with Gasteiger partial charge < -0.3 is 9.16 Å². The van der Waals surface area contributed by atoms with E-state index >= 15 is 0 Å². The van der Waals surface area contributed by atoms with Crippen LogP contribution in [0.5, 0.6) is 5.75 Å². The number of rotatable bonds is 4. The van der Waals surface area contributed by atoms with Gasteiger partial charge in [0.2, 0.25) is 5.79 Å². The summed E-state index contributed by atoms with van der Waals surface area (Å²) in [4.78, 5) is 12.4. The zero-order chi connectivity index (χ0) is 24.6. The molecule has 1 spiro atoms. The minimum atomic E-state index is -1.96. The highest BCUT2D eigenvalue weighted by Gasteiger charge is 2.61. The molecule has 4 nitrogen and oxygen atoms in total. The molecule has 0 radical (unpaired) electrons. The Labute approximate surface area is 211 Å². The van der Waals surface area contributed by atoms with Gasteiger partial charge in [-0.15, -0.1) is 0 Å². The molecule has 0 amide bonds. The second-order valence-electron chi connectivity index (χ2n) is 13.0. The summed E-state index contributed by atoms with van der Waals surface area (Å²) in [6.07, 6.45) is 5.99. The molecule has 5 aliphatic rings. The minimum absolute atomic E-state index is 0.134. The lowest BCUT2D eigenvalue weighted by atomic mass is 9.53. The van der Waals surface area contributed by atoms with Crippen molar-refractivity contribution in [3.8, 4) is 5.75 Å². The third kappa shape index (κ3) is 3.81. The molecule has 1 atom stereocenters. The van der Waals surface area contributed by atoms with Crippen molar-refractivity contribution in [2.24, 2.45) is 23.7 Å². The highest BCUT2D eigenvalue weighted by molar-refractivity contribution is 6.74. The van der Waals surface area contributed by atoms with E-state index in [0.717, 1.165) is 39.5 Å². The van der Waals surface area contributed by atoms with Gasteiger partial charge in [0.05, 0.1) is 6.61 Å². The summed E-state index contributed by atoms with van der Waals surface area (Å²) >= 11 is 0. The average molecular weight is 493 g/mol. The lowest BCUT2D eigenvalue weighted by Gasteiger charge is -2.60. The topological polar surface area (TPSA) is 36.9 Å². The number of benzene rings is 2. The van der Waals surface area contributed by atoms with Crippen LogP contribution in [0.25, 0.3) is 16.3 Å². The van der Waals surface area contributed by atoms with Crippen LogP contribution < -0.4 is 4.43 Å². The molecule has 5 fully saturated rings. The van der Waals surface area contributed by atoms with E-state index in [1.165, 1.54) is 32.1 Å². The smallest absolute Gasteiger partial charge is 0.250 e. The molecule has 0 aromatic heterocycles. The predicted octanol–water partition coefficient (Wildman–Crippen LogP) is 7.74. The molecule has 1 saturated heterocycles. The van der Waals surface area contributed by atoms with E-state index in [1.54, 1.807) is 0 Å². The monoisotopic (exact) mass is 492 g/mol. The van der Waals surface area contributed by atoms with Crippen LogP contribution in [0.2, 0.25) is 18.1 Å². The number of hydrogen-bond donors (Lipinski definition) is 0. The quantitative estimate of drug-likeness (QED) is 0.323. The largest absolute Gasteiger partial charge is 0.543 e. The standard InChI is InChI=1S/C30H40O4Si/c1-19(28-18-31-30(34-32-28)22-14-20-13-21(16-22)17-23(30)15-20)24-11-12-27(26-10-8-7-9-25(24)26)33-35(5,6)29(2,3)4/h7-12,20-23,28H,1,13-18H2,2-6H3. The van der Waals surface area contributed by atoms with Gasteiger partial charge in [-0.2, -0.15) is 4.89 Å². The molecule has 1 heterocycles. The van der Waals surface area contributed by atoms with Crippen molar-refractivity contribution < 1.29 is 18.9 Å². The summed E-state index contributed by atoms with van der Waals surface area (Å²) in [5.74, 6) is 3.09. The molecular formula is C30H40O4Si. The summed E-state index contributed by atoms with van der Waals surface area (Å²) in [5.41, 5.74) is 1.97. The molecule has 4 saturated carbocycles. The fourth-order valence-corrected chi connectivity index (χ4v) is 8.04. The van der Waals surface area contributed by atoms with E-state index in [-0.39, 0.29) is 11.1 Å². The van der Waals surface area contributed by atoms with E-state index < -0.39 is 14.1 Å². The third-order valence-corrected chi connectivity index (χ3v) is 14.2. The van der Waals surface area contributed by atoms with Crippen molar-refractivity contribution in [1.82, 2.24) is 0 Å². The Hall–Kier alpha value is -1.66. The Morgan fingerprint density at radius 1 is 0.943 bits per heavy atom. The van der Waals surface area contributed by atoms with Crippen molar-refractivity contribution in [3.63, 3.8) is 0 Å². The molecule has 1 aliphatic heterocycles. The van der Waals surface area contributed by atoms with Crippen LogP contribution in [-0.4, -0.2) is 26.8 Å². The predicted molar refractivity (Wildman–Crippen MR) is 142 cm³/mol. The molecule has 1 unspecified atom stereocenters. The van der Waals surface area contributed by atoms with Crippen LogP contribution in [0, 0.1) is 23.7 Å². The zero-order valence-electron chi connectivity index (χ0n) is 21.9. The van der Waals surface area contributed by atoms with Gasteiger partial charge in [-0.3, -0.25) is 0 Å². The normalized spacial score (nSPS) is 34.5. The summed E-state index contributed by atoms with van der Waals surface area (Å²) in [7, 11) is -1.96. The highest BCUT2D eigenvalue weighted by Crippen LogP contribution is 2.61. The van der Waals surface area contributed by atoms with Gasteiger partial charge in [-0.1, -0.05) is 57.7 Å². The van der Waals surface area contributed by atoms with Crippen LogP contribution in [0.4, 0.5) is 0 Å². The maximum atomic E-state index is 6.72. The van der Waals surface area contributed by atoms with E-state index in [2.05, 4.69) is 76.8 Å². The lowest BCUT2D eigenvalue weighted by Crippen LogP contribution is -2.63. The van der Waals surface area contributed by atoms with Crippen molar-refractivity contribution >= 4 is 24.7 Å². The molecule has 2 aromatic carbocycles. The Morgan fingerprint density at radius 2 is 1.57 bits per heavy atom. The van der Waals surface area contributed by atoms with Crippen LogP contribution >= 0.6 is 0 Å². The Balaban J connectivity index is 1.23. The van der Waals surface area contributed by atoms with E-state index in [0.29, 0.717) is 18.4 Å². The molecule has 0 N–H and O–H groups in total. The van der Waals surface area contributed by atoms with E-state index in [4.69, 9.17) is 18.9 Å². The summed E-state index contributed by atoms with van der Waals surface area (Å²) < 4.78 is 13.3. The molecule has 35 heavy (non-hydrogen) atoms. The fourth-order valence-electron chi connectivity index (χ4n) is 7.00. The number of fused-ring (bicyclic) bond motifs is 1. The van der Waals surface area contributed by atoms with Gasteiger partial charge in [0.25, 0.3) is 8.32 Å². The second kappa shape index (κ2) is 8.17. The second-order valence-corrected chi connectivity index (χ2v) is 17.8. The van der Waals surface area contributed by atoms with Crippen molar-refractivity contribution in [2.75, 3.05) is 6.61 Å². The van der Waals surface area contributed by atoms with Crippen molar-refractivity contribution in [2.45, 2.75) is 82.9 Å². The van der Waals surface area contributed by atoms with E-state index in [9.17, 15) is 0 Å². The maximum absolute atomic E-state index is 6.72. The first-order valence-corrected chi connectivity index (χ1v) is 16.4. The molecule has 188 valence electrons. The van der Waals surface area contributed by atoms with Gasteiger partial charge in [0.1, 0.15) is 11.9 Å². The minimum Gasteiger partial charge on any atom is -0.543 e. The fraction of sp³-hybridized carbons (Fsp3) is 0.600. The van der Waals surface area contributed by atoms with Crippen LogP contribution in [0.1, 0.15) is 58.4 Å². The first kappa shape index (κ1) is 23.7. The first-order chi connectivity index (χ1) is 16.6. The maximum Gasteiger partial charge on any atom is 0.250 e. The van der Waals surface area contributed by atoms with Gasteiger partial charge in [0.15, 0.2) is 0 Å². The third-order valence-electron chi connectivity index (χ3n) is 9.82. The molecule has 7 rings (SSSR count). The Morgan fingerprint density at radius 3 is 2.14 bits per heavy atom. The van der Waals surface area contributed by atoms with Gasteiger partial charge in [-0.25, -0.2) is 4.89 Å². The van der Waals surface area contributed by atoms with Crippen molar-refractivity contribution in [3.05, 3.63) is 48.5 Å². The highest BCUT2D eigenvalue weighted by atomic mass is 28.4. The number of hydrogen-bond acceptors (Lipinski definition) is 4. The SMILES string of the molecule is C=C(c1ccc(O[Si](C)(C)C(C)(C)C)c2ccccc12)C1COC2(OO1)C1CC3CC(C1)CC2C3. The van der Waals surface area contributed by atoms with E-state index in [1.807, 2.05) is 0 Å². The molecule has 4 aliphatic carbocycles. The summed E-state index contributed by atoms with van der Waals surface area (Å²) in [6.45, 7) is 16.3. The summed E-state index contributed by atoms with van der Waals surface area (Å²) in [6, 6.07) is 12.7. The summed E-state index contributed by atoms with van der Waals surface area (Å²) in [5, 5.41) is 2.38. The van der Waals surface area contributed by atoms with Crippen LogP contribution in [-0.2, 0) is 14.5 Å². The Kier molecular flexibility index (Phi) is 5.54. The first-order valence-electron chi connectivity index (χ1n) is 13.5. The number of ether oxygens (including phenoxy) is 1. The molecule has 5 heteroatoms. The average Bonchev–Trinajstić information content (AvgIpc) is 2.81. The van der Waals surface area contributed by atoms with Crippen LogP contribution in [0.15, 0.2) is 43.0 Å². The van der Waals surface area contributed by atoms with Crippen molar-refractivity contribution in [1.29, 1.82) is 0 Å². The van der Waals surface area contributed by atoms with Gasteiger partial charge in [-0.05, 0) is 84.7 Å². The zero-order valence-corrected chi connectivity index (χ0v) is 22.9. The van der Waals surface area contributed by atoms with Crippen LogP contribution in [0.3, 0.4) is 0 Å². The molecule has 2 aromatic rings. The van der Waals surface area contributed by atoms with Gasteiger partial charge >= 0.3 is 0 Å².